The third-order valence-corrected chi connectivity index (χ3v) is 6.95. The zero-order valence-electron chi connectivity index (χ0n) is 16.6. The zero-order valence-corrected chi connectivity index (χ0v) is 18.2. The smallest absolute Gasteiger partial charge is 0.264 e. The molecule has 1 aliphatic rings. The van der Waals surface area contributed by atoms with Crippen LogP contribution >= 0.6 is 11.3 Å². The van der Waals surface area contributed by atoms with Gasteiger partial charge in [0, 0.05) is 43.3 Å². The molecule has 0 saturated carbocycles. The van der Waals surface area contributed by atoms with Crippen LogP contribution in [-0.2, 0) is 16.4 Å². The lowest BCUT2D eigenvalue weighted by atomic mass is 10.1. The minimum absolute atomic E-state index is 0.0629. The van der Waals surface area contributed by atoms with Crippen LogP contribution < -0.4 is 9.62 Å². The second-order valence-electron chi connectivity index (χ2n) is 7.18. The number of carbonyl (C=O) groups excluding carboxylic acids is 1. The molecule has 0 spiro atoms. The van der Waals surface area contributed by atoms with Gasteiger partial charge in [-0.05, 0) is 49.6 Å². The number of nitrogens with one attached hydrogen (secondary N) is 1. The van der Waals surface area contributed by atoms with Crippen LogP contribution in [0.5, 0.6) is 0 Å². The Hall–Kier alpha value is -1.90. The molecule has 1 aromatic heterocycles. The quantitative estimate of drug-likeness (QED) is 0.778. The van der Waals surface area contributed by atoms with Crippen molar-refractivity contribution in [2.24, 2.45) is 0 Å². The maximum Gasteiger partial charge on any atom is 0.264 e. The number of nitrogens with zero attached hydrogens (tertiary/aromatic N) is 2. The van der Waals surface area contributed by atoms with Gasteiger partial charge in [-0.25, -0.2) is 13.1 Å². The first-order valence-electron chi connectivity index (χ1n) is 9.38. The molecule has 0 radical (unpaired) electrons. The highest BCUT2D eigenvalue weighted by molar-refractivity contribution is 7.88. The van der Waals surface area contributed by atoms with Crippen LogP contribution in [0.25, 0.3) is 0 Å². The van der Waals surface area contributed by atoms with Crippen LogP contribution in [0.3, 0.4) is 0 Å². The van der Waals surface area contributed by atoms with Crippen molar-refractivity contribution >= 4 is 33.0 Å². The summed E-state index contributed by atoms with van der Waals surface area (Å²) in [4.78, 5) is 18.8. The predicted molar refractivity (Wildman–Crippen MR) is 115 cm³/mol. The first-order valence-corrected chi connectivity index (χ1v) is 12.1. The number of hydrogen-bond donors (Lipinski definition) is 1. The van der Waals surface area contributed by atoms with Gasteiger partial charge < -0.3 is 9.80 Å². The lowest BCUT2D eigenvalue weighted by Gasteiger charge is -2.36. The van der Waals surface area contributed by atoms with Crippen molar-refractivity contribution in [3.05, 3.63) is 51.2 Å². The van der Waals surface area contributed by atoms with Crippen molar-refractivity contribution < 1.29 is 13.2 Å². The fourth-order valence-corrected chi connectivity index (χ4v) is 4.82. The van der Waals surface area contributed by atoms with Gasteiger partial charge in [0.1, 0.15) is 0 Å². The molecule has 2 aromatic rings. The van der Waals surface area contributed by atoms with Crippen molar-refractivity contribution in [3.8, 4) is 0 Å². The lowest BCUT2D eigenvalue weighted by Crippen LogP contribution is -2.48. The third-order valence-electron chi connectivity index (χ3n) is 5.09. The predicted octanol–water partition coefficient (Wildman–Crippen LogP) is 2.42. The van der Waals surface area contributed by atoms with Gasteiger partial charge in [-0.3, -0.25) is 4.79 Å². The Kier molecular flexibility index (Phi) is 6.42. The summed E-state index contributed by atoms with van der Waals surface area (Å²) in [6.07, 6.45) is 1.74. The molecule has 0 bridgehead atoms. The molecular formula is C20H27N3O3S2. The number of thiophene rings is 1. The third kappa shape index (κ3) is 5.12. The van der Waals surface area contributed by atoms with E-state index in [9.17, 15) is 13.2 Å². The summed E-state index contributed by atoms with van der Waals surface area (Å²) in [6, 6.07) is 10.1. The Bertz CT molecular complexity index is 945. The van der Waals surface area contributed by atoms with Crippen molar-refractivity contribution in [3.63, 3.8) is 0 Å². The van der Waals surface area contributed by atoms with E-state index < -0.39 is 10.0 Å². The van der Waals surface area contributed by atoms with E-state index in [0.29, 0.717) is 26.1 Å². The molecule has 0 aliphatic carbocycles. The number of piperazine rings is 1. The molecule has 3 rings (SSSR count). The largest absolute Gasteiger partial charge is 0.368 e. The topological polar surface area (TPSA) is 69.7 Å². The van der Waals surface area contributed by atoms with E-state index in [2.05, 4.69) is 41.7 Å². The second-order valence-corrected chi connectivity index (χ2v) is 10.2. The van der Waals surface area contributed by atoms with Crippen LogP contribution in [0.15, 0.2) is 30.3 Å². The summed E-state index contributed by atoms with van der Waals surface area (Å²) in [6.45, 7) is 7.68. The Labute approximate surface area is 171 Å². The van der Waals surface area contributed by atoms with Gasteiger partial charge in [0.25, 0.3) is 5.91 Å². The Balaban J connectivity index is 1.56. The fraction of sp³-hybridized carbons (Fsp3) is 0.450. The van der Waals surface area contributed by atoms with Gasteiger partial charge in [0.15, 0.2) is 0 Å². The molecule has 0 atom stereocenters. The van der Waals surface area contributed by atoms with Crippen molar-refractivity contribution in [1.82, 2.24) is 9.62 Å². The number of carbonyl (C=O) groups is 1. The standard InChI is InChI=1S/C20H27N3O3S2/c1-15-5-4-6-18(16(15)2)22-11-13-23(14-12-22)20(24)19-8-7-17(27-19)9-10-21-28(3,25)26/h4-8,21H,9-14H2,1-3H3. The molecule has 1 aromatic carbocycles. The summed E-state index contributed by atoms with van der Waals surface area (Å²) in [5, 5.41) is 0. The van der Waals surface area contributed by atoms with Crippen molar-refractivity contribution in [1.29, 1.82) is 0 Å². The average Bonchev–Trinajstić information content (AvgIpc) is 3.11. The van der Waals surface area contributed by atoms with Crippen LogP contribution in [0.1, 0.15) is 25.7 Å². The van der Waals surface area contributed by atoms with Gasteiger partial charge >= 0.3 is 0 Å². The van der Waals surface area contributed by atoms with Gasteiger partial charge in [-0.15, -0.1) is 11.3 Å². The van der Waals surface area contributed by atoms with Crippen molar-refractivity contribution in [2.75, 3.05) is 43.9 Å². The first-order chi connectivity index (χ1) is 13.2. The number of amides is 1. The summed E-state index contributed by atoms with van der Waals surface area (Å²) < 4.78 is 24.8. The molecule has 152 valence electrons. The van der Waals surface area contributed by atoms with Crippen LogP contribution in [0.4, 0.5) is 5.69 Å². The number of sulfonamides is 1. The van der Waals surface area contributed by atoms with Crippen LogP contribution in [0.2, 0.25) is 0 Å². The molecule has 1 N–H and O–H groups in total. The number of anilines is 1. The fourth-order valence-electron chi connectivity index (χ4n) is 3.37. The number of aryl methyl sites for hydroxylation is 1. The summed E-state index contributed by atoms with van der Waals surface area (Å²) in [7, 11) is -3.18. The molecule has 1 aliphatic heterocycles. The SMILES string of the molecule is Cc1cccc(N2CCN(C(=O)c3ccc(CCNS(C)(=O)=O)s3)CC2)c1C. The molecule has 6 nitrogen and oxygen atoms in total. The highest BCUT2D eigenvalue weighted by atomic mass is 32.2. The number of hydrogen-bond acceptors (Lipinski definition) is 5. The molecule has 1 amide bonds. The first kappa shape index (κ1) is 20.8. The minimum atomic E-state index is -3.18. The summed E-state index contributed by atoms with van der Waals surface area (Å²) >= 11 is 1.45. The maximum absolute atomic E-state index is 12.8. The van der Waals surface area contributed by atoms with E-state index >= 15 is 0 Å². The number of rotatable bonds is 6. The Morgan fingerprint density at radius 2 is 1.82 bits per heavy atom. The van der Waals surface area contributed by atoms with E-state index in [-0.39, 0.29) is 5.91 Å². The van der Waals surface area contributed by atoms with Crippen LogP contribution in [-0.4, -0.2) is 58.2 Å². The molecule has 0 unspecified atom stereocenters. The Morgan fingerprint density at radius 3 is 2.50 bits per heavy atom. The van der Waals surface area contributed by atoms with Gasteiger partial charge in [0.05, 0.1) is 11.1 Å². The van der Waals surface area contributed by atoms with E-state index in [0.717, 1.165) is 29.1 Å². The highest BCUT2D eigenvalue weighted by Gasteiger charge is 2.24. The van der Waals surface area contributed by atoms with Crippen molar-refractivity contribution in [2.45, 2.75) is 20.3 Å². The lowest BCUT2D eigenvalue weighted by molar-refractivity contribution is 0.0751. The summed E-state index contributed by atoms with van der Waals surface area (Å²) in [5.41, 5.74) is 3.84. The average molecular weight is 422 g/mol. The monoisotopic (exact) mass is 421 g/mol. The second kappa shape index (κ2) is 8.63. The molecule has 1 fully saturated rings. The number of benzene rings is 1. The minimum Gasteiger partial charge on any atom is -0.368 e. The van der Waals surface area contributed by atoms with E-state index in [1.165, 1.54) is 28.2 Å². The molecule has 28 heavy (non-hydrogen) atoms. The molecule has 1 saturated heterocycles. The van der Waals surface area contributed by atoms with E-state index in [1.54, 1.807) is 0 Å². The van der Waals surface area contributed by atoms with E-state index in [1.807, 2.05) is 17.0 Å². The maximum atomic E-state index is 12.8. The van der Waals surface area contributed by atoms with Crippen LogP contribution in [0, 0.1) is 13.8 Å². The van der Waals surface area contributed by atoms with Gasteiger partial charge in [-0.1, -0.05) is 12.1 Å². The molecular weight excluding hydrogens is 394 g/mol. The molecule has 2 heterocycles. The van der Waals surface area contributed by atoms with Gasteiger partial charge in [0.2, 0.25) is 10.0 Å². The van der Waals surface area contributed by atoms with Gasteiger partial charge in [-0.2, -0.15) is 0 Å². The highest BCUT2D eigenvalue weighted by Crippen LogP contribution is 2.25. The van der Waals surface area contributed by atoms with E-state index in [4.69, 9.17) is 0 Å². The Morgan fingerprint density at radius 1 is 1.11 bits per heavy atom. The zero-order chi connectivity index (χ0) is 20.3. The summed E-state index contributed by atoms with van der Waals surface area (Å²) in [5.74, 6) is 0.0629. The molecule has 8 heteroatoms. The normalized spacial score (nSPS) is 15.1.